The van der Waals surface area contributed by atoms with Crippen LogP contribution in [0.5, 0.6) is 0 Å². The molecule has 0 atom stereocenters. The fourth-order valence-corrected chi connectivity index (χ4v) is 3.48. The molecule has 138 valence electrons. The largest absolute Gasteiger partial charge is 1.00 e. The number of aromatic nitrogens is 2. The third-order valence-electron chi connectivity index (χ3n) is 2.71. The molecule has 0 saturated carbocycles. The molecule has 0 aliphatic rings. The zero-order valence-electron chi connectivity index (χ0n) is 14.7. The number of nitrogens with zero attached hydrogens (tertiary/aromatic N) is 2. The molecule has 16 heteroatoms. The number of aryl methyl sites for hydroxylation is 1. The second-order valence-corrected chi connectivity index (χ2v) is 8.63. The van der Waals surface area contributed by atoms with E-state index >= 15 is 0 Å². The first kappa shape index (κ1) is 28.6. The maximum atomic E-state index is 11.5. The summed E-state index contributed by atoms with van der Waals surface area (Å²) < 4.78 is 64.7. The van der Waals surface area contributed by atoms with Crippen LogP contribution in [0.15, 0.2) is 34.1 Å². The van der Waals surface area contributed by atoms with E-state index in [9.17, 15) is 26.6 Å². The average Bonchev–Trinajstić information content (AvgIpc) is 2.82. The summed E-state index contributed by atoms with van der Waals surface area (Å²) in [4.78, 5) is -0.434. The Morgan fingerprint density at radius 3 is 2.33 bits per heavy atom. The third-order valence-corrected chi connectivity index (χ3v) is 4.74. The van der Waals surface area contributed by atoms with Gasteiger partial charge in [0, 0.05) is 11.0 Å². The molecule has 2 rings (SSSR count). The molecule has 1 N–H and O–H groups in total. The van der Waals surface area contributed by atoms with Gasteiger partial charge in [-0.3, -0.25) is 9.76 Å². The van der Waals surface area contributed by atoms with Crippen LogP contribution in [0.25, 0.3) is 5.69 Å². The first-order valence-corrected chi connectivity index (χ1v) is 10.3. The van der Waals surface area contributed by atoms with E-state index in [2.05, 4.69) is 19.2 Å². The second-order valence-electron chi connectivity index (χ2n) is 4.76. The topological polar surface area (TPSA) is 163 Å². The number of hydrogen-bond acceptors (Lipinski definition) is 10. The molecule has 1 aromatic carbocycles. The van der Waals surface area contributed by atoms with Gasteiger partial charge in [0.15, 0.2) is 0 Å². The predicted molar refractivity (Wildman–Crippen MR) is 82.8 cm³/mol. The van der Waals surface area contributed by atoms with Crippen molar-refractivity contribution in [3.63, 3.8) is 0 Å². The summed E-state index contributed by atoms with van der Waals surface area (Å²) in [7, 11) is -8.60. The van der Waals surface area contributed by atoms with Gasteiger partial charge in [-0.05, 0) is 25.1 Å². The Bertz CT molecular complexity index is 994. The van der Waals surface area contributed by atoms with Gasteiger partial charge in [0.1, 0.15) is 15.9 Å². The van der Waals surface area contributed by atoms with Crippen molar-refractivity contribution in [2.45, 2.75) is 16.7 Å². The molecular weight excluding hydrogens is 477 g/mol. The van der Waals surface area contributed by atoms with Crippen molar-refractivity contribution in [1.29, 1.82) is 0 Å². The average molecular weight is 488 g/mol. The first-order chi connectivity index (χ1) is 11.5. The van der Waals surface area contributed by atoms with E-state index in [1.165, 1.54) is 18.2 Å². The van der Waals surface area contributed by atoms with Crippen molar-refractivity contribution in [3.05, 3.63) is 30.0 Å². The first-order valence-electron chi connectivity index (χ1n) is 6.29. The molecule has 1 heterocycles. The minimum atomic E-state index is -4.90. The van der Waals surface area contributed by atoms with Gasteiger partial charge in [0.25, 0.3) is 0 Å². The molecule has 27 heavy (non-hydrogen) atoms. The van der Waals surface area contributed by atoms with E-state index in [0.717, 1.165) is 17.0 Å². The molecule has 0 spiro atoms. The molecule has 1 aromatic heterocycles. The Balaban J connectivity index is 0.00000338. The third kappa shape index (κ3) is 8.69. The molecule has 0 unspecified atom stereocenters. The number of hydrogen-bond donors (Lipinski definition) is 1. The Kier molecular flexibility index (Phi) is 12.5. The summed E-state index contributed by atoms with van der Waals surface area (Å²) in [5.74, 6) is -0.0759. The van der Waals surface area contributed by atoms with Crippen LogP contribution in [0.1, 0.15) is 5.69 Å². The van der Waals surface area contributed by atoms with E-state index in [-0.39, 0.29) is 119 Å². The van der Waals surface area contributed by atoms with Crippen LogP contribution in [-0.2, 0) is 29.5 Å². The normalized spacial score (nSPS) is 11.4. The van der Waals surface area contributed by atoms with Gasteiger partial charge in [-0.2, -0.15) is 9.43 Å². The van der Waals surface area contributed by atoms with Crippen LogP contribution < -0.4 is 113 Å². The summed E-state index contributed by atoms with van der Waals surface area (Å²) in [6.45, 7) is 1.54. The Hall–Kier alpha value is 1.59. The molecule has 0 saturated heterocycles. The summed E-state index contributed by atoms with van der Waals surface area (Å²) in [6.07, 6.45) is 0.899. The summed E-state index contributed by atoms with van der Waals surface area (Å²) in [6, 6.07) is 4.71. The van der Waals surface area contributed by atoms with Crippen molar-refractivity contribution >= 4 is 38.0 Å². The summed E-state index contributed by atoms with van der Waals surface area (Å²) in [5.41, 5.74) is 0.131. The minimum absolute atomic E-state index is 0. The fourth-order valence-electron chi connectivity index (χ4n) is 1.92. The zero-order chi connectivity index (χ0) is 18.8. The molecule has 0 aliphatic carbocycles. The second kappa shape index (κ2) is 11.8. The van der Waals surface area contributed by atoms with Crippen molar-refractivity contribution in [2.75, 3.05) is 11.0 Å². The molecule has 0 radical (unpaired) electrons. The van der Waals surface area contributed by atoms with Crippen molar-refractivity contribution in [3.8, 4) is 5.69 Å². The van der Waals surface area contributed by atoms with E-state index in [0.29, 0.717) is 17.7 Å². The van der Waals surface area contributed by atoms with Crippen LogP contribution in [0.4, 0.5) is 5.82 Å². The molecule has 0 bridgehead atoms. The van der Waals surface area contributed by atoms with E-state index in [1.54, 1.807) is 6.92 Å². The molecular formula is C11H11K2N3O8S3. The maximum Gasteiger partial charge on any atom is 1.00 e. The van der Waals surface area contributed by atoms with Crippen LogP contribution in [-0.4, -0.2) is 37.4 Å². The summed E-state index contributed by atoms with van der Waals surface area (Å²) in [5, 5.41) is 17.1. The minimum Gasteiger partial charge on any atom is -0.744 e. The summed E-state index contributed by atoms with van der Waals surface area (Å²) >= 11 is 0.463. The smallest absolute Gasteiger partial charge is 0.744 e. The fraction of sp³-hybridized carbons (Fsp3) is 0.182. The molecule has 0 fully saturated rings. The Morgan fingerprint density at radius 1 is 1.19 bits per heavy atom. The molecule has 2 aromatic rings. The number of benzene rings is 1. The van der Waals surface area contributed by atoms with E-state index < -0.39 is 25.0 Å². The van der Waals surface area contributed by atoms with Crippen LogP contribution in [0, 0.1) is 6.92 Å². The molecule has 11 nitrogen and oxygen atoms in total. The van der Waals surface area contributed by atoms with Crippen molar-refractivity contribution < 1.29 is 139 Å². The van der Waals surface area contributed by atoms with Gasteiger partial charge in [-0.1, -0.05) is 0 Å². The number of nitrogens with one attached hydrogen (secondary N) is 1. The van der Waals surface area contributed by atoms with Gasteiger partial charge in [-0.15, -0.1) is 0 Å². The molecule has 0 aliphatic heterocycles. The predicted octanol–water partition coefficient (Wildman–Crippen LogP) is -6.31. The number of sulfonamides is 1. The zero-order valence-corrected chi connectivity index (χ0v) is 23.4. The van der Waals surface area contributed by atoms with Gasteiger partial charge in [-0.25, -0.2) is 21.5 Å². The van der Waals surface area contributed by atoms with E-state index in [1.807, 2.05) is 0 Å². The standard InChI is InChI=1S/C11H13N3O8S3.2K/c1-7-5-11(13-24(2,16)17)14(12-7)9-6-8(23-22-21-15)3-4-10(9)25(18,19)20;;/h3-6,13,15H,1-2H3,(H,18,19,20);;/q;2*+1/p-2. The Morgan fingerprint density at radius 2 is 1.81 bits per heavy atom. The van der Waals surface area contributed by atoms with Crippen LogP contribution >= 0.6 is 12.0 Å². The monoisotopic (exact) mass is 487 g/mol. The number of rotatable bonds is 7. The van der Waals surface area contributed by atoms with Gasteiger partial charge < -0.3 is 9.81 Å². The SMILES string of the molecule is Cc1cc(NS(C)(=O)=O)n(-c2cc(SOO[O-])ccc2S(=O)(=O)[O-])n1.[K+].[K+]. The van der Waals surface area contributed by atoms with Gasteiger partial charge >= 0.3 is 103 Å². The van der Waals surface area contributed by atoms with E-state index in [4.69, 9.17) is 0 Å². The van der Waals surface area contributed by atoms with Crippen molar-refractivity contribution in [1.82, 2.24) is 9.78 Å². The maximum absolute atomic E-state index is 11.5. The van der Waals surface area contributed by atoms with Crippen LogP contribution in [0.3, 0.4) is 0 Å². The van der Waals surface area contributed by atoms with Crippen molar-refractivity contribution in [2.24, 2.45) is 0 Å². The number of anilines is 1. The van der Waals surface area contributed by atoms with Crippen LogP contribution in [0.2, 0.25) is 0 Å². The molecule has 0 amide bonds. The Labute approximate surface area is 245 Å². The van der Waals surface area contributed by atoms with Gasteiger partial charge in [0.05, 0.1) is 34.6 Å². The quantitative estimate of drug-likeness (QED) is 0.131. The van der Waals surface area contributed by atoms with Gasteiger partial charge in [0.2, 0.25) is 10.0 Å².